The van der Waals surface area contributed by atoms with Crippen molar-refractivity contribution in [3.05, 3.63) is 0 Å². The summed E-state index contributed by atoms with van der Waals surface area (Å²) in [5.74, 6) is 0.339. The van der Waals surface area contributed by atoms with E-state index in [-0.39, 0.29) is 12.0 Å². The second kappa shape index (κ2) is 6.08. The van der Waals surface area contributed by atoms with Gasteiger partial charge in [0.05, 0.1) is 12.7 Å². The molecule has 4 nitrogen and oxygen atoms in total. The molecule has 1 fully saturated rings. The lowest BCUT2D eigenvalue weighted by Crippen LogP contribution is -2.39. The van der Waals surface area contributed by atoms with Gasteiger partial charge in [0.15, 0.2) is 0 Å². The highest BCUT2D eigenvalue weighted by Gasteiger charge is 2.25. The van der Waals surface area contributed by atoms with E-state index in [2.05, 4.69) is 12.2 Å². The number of carbonyl (C=O) groups excluding carboxylic acids is 1. The Bertz CT molecular complexity index is 208. The van der Waals surface area contributed by atoms with Crippen LogP contribution in [0.5, 0.6) is 0 Å². The maximum absolute atomic E-state index is 11.3. The van der Waals surface area contributed by atoms with Crippen LogP contribution in [0, 0.1) is 5.92 Å². The van der Waals surface area contributed by atoms with Crippen LogP contribution in [0.1, 0.15) is 27.2 Å². The van der Waals surface area contributed by atoms with Gasteiger partial charge in [0.1, 0.15) is 6.04 Å². The zero-order valence-electron chi connectivity index (χ0n) is 9.79. The summed E-state index contributed by atoms with van der Waals surface area (Å²) in [6.07, 6.45) is 1.37. The largest absolute Gasteiger partial charge is 0.465 e. The predicted octanol–water partition coefficient (Wildman–Crippen LogP) is 0.953. The van der Waals surface area contributed by atoms with Crippen molar-refractivity contribution >= 4 is 5.97 Å². The standard InChI is InChI=1S/C11H21NO3/c1-4-14-11(13)8(2)12-7-10-5-6-15-9(10)3/h8-10,12H,4-7H2,1-3H3. The van der Waals surface area contributed by atoms with Crippen molar-refractivity contribution in [3.8, 4) is 0 Å². The Morgan fingerprint density at radius 3 is 2.93 bits per heavy atom. The summed E-state index contributed by atoms with van der Waals surface area (Å²) in [7, 11) is 0. The maximum atomic E-state index is 11.3. The van der Waals surface area contributed by atoms with Gasteiger partial charge in [-0.3, -0.25) is 4.79 Å². The third-order valence-electron chi connectivity index (χ3n) is 2.86. The van der Waals surface area contributed by atoms with Crippen LogP contribution in [0.2, 0.25) is 0 Å². The van der Waals surface area contributed by atoms with Gasteiger partial charge >= 0.3 is 5.97 Å². The molecular weight excluding hydrogens is 194 g/mol. The van der Waals surface area contributed by atoms with Gasteiger partial charge in [0, 0.05) is 13.2 Å². The van der Waals surface area contributed by atoms with Gasteiger partial charge in [-0.05, 0) is 33.1 Å². The minimum Gasteiger partial charge on any atom is -0.465 e. The molecule has 0 aromatic rings. The van der Waals surface area contributed by atoms with Gasteiger partial charge in [-0.25, -0.2) is 0 Å². The first-order chi connectivity index (χ1) is 7.15. The molecule has 15 heavy (non-hydrogen) atoms. The fourth-order valence-electron chi connectivity index (χ4n) is 1.72. The van der Waals surface area contributed by atoms with Crippen LogP contribution in [-0.2, 0) is 14.3 Å². The number of hydrogen-bond donors (Lipinski definition) is 1. The lowest BCUT2D eigenvalue weighted by atomic mass is 10.0. The molecule has 4 heteroatoms. The summed E-state index contributed by atoms with van der Waals surface area (Å²) < 4.78 is 10.4. The fourth-order valence-corrected chi connectivity index (χ4v) is 1.72. The molecule has 0 aliphatic carbocycles. The minimum atomic E-state index is -0.224. The number of rotatable bonds is 5. The highest BCUT2D eigenvalue weighted by atomic mass is 16.5. The van der Waals surface area contributed by atoms with Crippen molar-refractivity contribution in [1.29, 1.82) is 0 Å². The summed E-state index contributed by atoms with van der Waals surface area (Å²) in [5, 5.41) is 3.18. The molecule has 0 spiro atoms. The molecular formula is C11H21NO3. The molecule has 3 unspecified atom stereocenters. The Hall–Kier alpha value is -0.610. The zero-order chi connectivity index (χ0) is 11.3. The van der Waals surface area contributed by atoms with Crippen LogP contribution in [0.25, 0.3) is 0 Å². The van der Waals surface area contributed by atoms with Crippen molar-refractivity contribution < 1.29 is 14.3 Å². The van der Waals surface area contributed by atoms with Crippen LogP contribution < -0.4 is 5.32 Å². The summed E-state index contributed by atoms with van der Waals surface area (Å²) in [4.78, 5) is 11.3. The van der Waals surface area contributed by atoms with E-state index in [4.69, 9.17) is 9.47 Å². The van der Waals surface area contributed by atoms with E-state index < -0.39 is 0 Å². The van der Waals surface area contributed by atoms with Gasteiger partial charge in [-0.2, -0.15) is 0 Å². The van der Waals surface area contributed by atoms with Crippen LogP contribution in [0.15, 0.2) is 0 Å². The van der Waals surface area contributed by atoms with Crippen LogP contribution in [0.4, 0.5) is 0 Å². The molecule has 1 aliphatic rings. The Morgan fingerprint density at radius 2 is 2.40 bits per heavy atom. The van der Waals surface area contributed by atoms with Crippen LogP contribution in [0.3, 0.4) is 0 Å². The van der Waals surface area contributed by atoms with Crippen LogP contribution >= 0.6 is 0 Å². The second-order valence-corrected chi connectivity index (χ2v) is 4.01. The Kier molecular flexibility index (Phi) is 5.05. The molecule has 0 amide bonds. The first kappa shape index (κ1) is 12.5. The number of esters is 1. The van der Waals surface area contributed by atoms with Crippen molar-refractivity contribution in [2.24, 2.45) is 5.92 Å². The summed E-state index contributed by atoms with van der Waals surface area (Å²) in [6, 6.07) is -0.224. The lowest BCUT2D eigenvalue weighted by Gasteiger charge is -2.18. The Morgan fingerprint density at radius 1 is 1.67 bits per heavy atom. The molecule has 0 bridgehead atoms. The van der Waals surface area contributed by atoms with Crippen molar-refractivity contribution in [1.82, 2.24) is 5.32 Å². The minimum absolute atomic E-state index is 0.177. The van der Waals surface area contributed by atoms with E-state index >= 15 is 0 Å². The van der Waals surface area contributed by atoms with Gasteiger partial charge < -0.3 is 14.8 Å². The Balaban J connectivity index is 2.21. The number of ether oxygens (including phenoxy) is 2. The first-order valence-corrected chi connectivity index (χ1v) is 5.66. The summed E-state index contributed by atoms with van der Waals surface area (Å²) in [6.45, 7) is 7.82. The molecule has 0 radical (unpaired) electrons. The summed E-state index contributed by atoms with van der Waals surface area (Å²) >= 11 is 0. The van der Waals surface area contributed by atoms with E-state index in [1.165, 1.54) is 0 Å². The molecule has 1 N–H and O–H groups in total. The molecule has 1 rings (SSSR count). The topological polar surface area (TPSA) is 47.6 Å². The highest BCUT2D eigenvalue weighted by Crippen LogP contribution is 2.19. The Labute approximate surface area is 91.3 Å². The predicted molar refractivity (Wildman–Crippen MR) is 57.6 cm³/mol. The molecule has 1 heterocycles. The molecule has 0 aromatic carbocycles. The summed E-state index contributed by atoms with van der Waals surface area (Å²) in [5.41, 5.74) is 0. The van der Waals surface area contributed by atoms with E-state index in [1.807, 2.05) is 13.8 Å². The van der Waals surface area contributed by atoms with Crippen LogP contribution in [-0.4, -0.2) is 37.9 Å². The van der Waals surface area contributed by atoms with E-state index in [1.54, 1.807) is 0 Å². The molecule has 0 saturated carbocycles. The average molecular weight is 215 g/mol. The maximum Gasteiger partial charge on any atom is 0.322 e. The second-order valence-electron chi connectivity index (χ2n) is 4.01. The van der Waals surface area contributed by atoms with Crippen molar-refractivity contribution in [2.45, 2.75) is 39.3 Å². The van der Waals surface area contributed by atoms with Crippen molar-refractivity contribution in [3.63, 3.8) is 0 Å². The average Bonchev–Trinajstić information content (AvgIpc) is 2.61. The molecule has 0 aromatic heterocycles. The van der Waals surface area contributed by atoms with E-state index in [0.717, 1.165) is 19.6 Å². The van der Waals surface area contributed by atoms with E-state index in [0.29, 0.717) is 18.6 Å². The third kappa shape index (κ3) is 3.80. The van der Waals surface area contributed by atoms with Gasteiger partial charge in [0.25, 0.3) is 0 Å². The smallest absolute Gasteiger partial charge is 0.322 e. The molecule has 1 aliphatic heterocycles. The van der Waals surface area contributed by atoms with Crippen molar-refractivity contribution in [2.75, 3.05) is 19.8 Å². The monoisotopic (exact) mass is 215 g/mol. The van der Waals surface area contributed by atoms with E-state index in [9.17, 15) is 4.79 Å². The van der Waals surface area contributed by atoms with Gasteiger partial charge in [-0.1, -0.05) is 0 Å². The number of nitrogens with one attached hydrogen (secondary N) is 1. The van der Waals surface area contributed by atoms with Gasteiger partial charge in [0.2, 0.25) is 0 Å². The van der Waals surface area contributed by atoms with Gasteiger partial charge in [-0.15, -0.1) is 0 Å². The lowest BCUT2D eigenvalue weighted by molar-refractivity contribution is -0.145. The normalized spacial score (nSPS) is 27.7. The number of carbonyl (C=O) groups is 1. The first-order valence-electron chi connectivity index (χ1n) is 5.66. The fraction of sp³-hybridized carbons (Fsp3) is 0.909. The third-order valence-corrected chi connectivity index (χ3v) is 2.86. The molecule has 1 saturated heterocycles. The zero-order valence-corrected chi connectivity index (χ0v) is 9.79. The SMILES string of the molecule is CCOC(=O)C(C)NCC1CCOC1C. The number of hydrogen-bond acceptors (Lipinski definition) is 4. The molecule has 88 valence electrons. The quantitative estimate of drug-likeness (QED) is 0.694. The molecule has 3 atom stereocenters. The highest BCUT2D eigenvalue weighted by molar-refractivity contribution is 5.75.